The van der Waals surface area contributed by atoms with E-state index < -0.39 is 0 Å². The third-order valence-corrected chi connectivity index (χ3v) is 4.24. The maximum absolute atomic E-state index is 11.1. The average Bonchev–Trinajstić information content (AvgIpc) is 3.04. The minimum absolute atomic E-state index is 0.0521. The fourth-order valence-electron chi connectivity index (χ4n) is 3.13. The van der Waals surface area contributed by atoms with Crippen LogP contribution in [-0.2, 0) is 6.54 Å². The Kier molecular flexibility index (Phi) is 4.52. The summed E-state index contributed by atoms with van der Waals surface area (Å²) in [6.07, 6.45) is 5.10. The summed E-state index contributed by atoms with van der Waals surface area (Å²) in [5.74, 6) is 0.794. The van der Waals surface area contributed by atoms with Gasteiger partial charge in [-0.25, -0.2) is 4.98 Å². The minimum Gasteiger partial charge on any atom is -0.394 e. The maximum Gasteiger partial charge on any atom is 0.311 e. The lowest BCUT2D eigenvalue weighted by Gasteiger charge is -2.32. The summed E-state index contributed by atoms with van der Waals surface area (Å²) in [6, 6.07) is 5.06. The molecule has 122 valence electrons. The monoisotopic (exact) mass is 317 g/mol. The van der Waals surface area contributed by atoms with Crippen molar-refractivity contribution in [2.24, 2.45) is 0 Å². The van der Waals surface area contributed by atoms with E-state index in [0.717, 1.165) is 18.5 Å². The SMILES string of the molecule is O=[N+]([O-])c1cccnc1N1CCC(c2ccnn2CCO)CC1. The van der Waals surface area contributed by atoms with Crippen molar-refractivity contribution in [1.29, 1.82) is 0 Å². The Hall–Kier alpha value is -2.48. The fourth-order valence-corrected chi connectivity index (χ4v) is 3.13. The highest BCUT2D eigenvalue weighted by molar-refractivity contribution is 5.57. The summed E-state index contributed by atoms with van der Waals surface area (Å²) in [4.78, 5) is 16.9. The van der Waals surface area contributed by atoms with Crippen LogP contribution in [0, 0.1) is 10.1 Å². The zero-order valence-corrected chi connectivity index (χ0v) is 12.7. The van der Waals surface area contributed by atoms with E-state index in [0.29, 0.717) is 31.4 Å². The lowest BCUT2D eigenvalue weighted by Crippen LogP contribution is -2.34. The van der Waals surface area contributed by atoms with Crippen LogP contribution in [0.15, 0.2) is 30.6 Å². The summed E-state index contributed by atoms with van der Waals surface area (Å²) >= 11 is 0. The summed E-state index contributed by atoms with van der Waals surface area (Å²) in [5, 5.41) is 24.5. The zero-order valence-electron chi connectivity index (χ0n) is 12.7. The molecule has 2 aromatic rings. The van der Waals surface area contributed by atoms with Gasteiger partial charge in [0.15, 0.2) is 0 Å². The molecular weight excluding hydrogens is 298 g/mol. The highest BCUT2D eigenvalue weighted by atomic mass is 16.6. The Morgan fingerprint density at radius 2 is 2.09 bits per heavy atom. The Morgan fingerprint density at radius 3 is 2.78 bits per heavy atom. The lowest BCUT2D eigenvalue weighted by molar-refractivity contribution is -0.384. The molecule has 0 radical (unpaired) electrons. The van der Waals surface area contributed by atoms with E-state index in [1.54, 1.807) is 18.5 Å². The van der Waals surface area contributed by atoms with Crippen molar-refractivity contribution in [3.8, 4) is 0 Å². The molecule has 1 aliphatic heterocycles. The van der Waals surface area contributed by atoms with Crippen LogP contribution in [0.5, 0.6) is 0 Å². The molecule has 1 fully saturated rings. The van der Waals surface area contributed by atoms with Gasteiger partial charge in [0.25, 0.3) is 0 Å². The molecule has 0 amide bonds. The van der Waals surface area contributed by atoms with Crippen molar-refractivity contribution < 1.29 is 10.0 Å². The van der Waals surface area contributed by atoms with E-state index in [2.05, 4.69) is 10.1 Å². The smallest absolute Gasteiger partial charge is 0.311 e. The van der Waals surface area contributed by atoms with Crippen LogP contribution < -0.4 is 4.90 Å². The standard InChI is InChI=1S/C15H19N5O3/c21-11-10-19-13(3-7-17-19)12-4-8-18(9-5-12)15-14(20(22)23)2-1-6-16-15/h1-3,6-7,12,21H,4-5,8-11H2. The topological polar surface area (TPSA) is 97.3 Å². The van der Waals surface area contributed by atoms with Gasteiger partial charge < -0.3 is 10.0 Å². The Balaban J connectivity index is 1.71. The van der Waals surface area contributed by atoms with Gasteiger partial charge in [-0.05, 0) is 25.0 Å². The molecule has 1 saturated heterocycles. The molecule has 0 bridgehead atoms. The molecule has 0 spiro atoms. The van der Waals surface area contributed by atoms with Crippen LogP contribution in [0.2, 0.25) is 0 Å². The van der Waals surface area contributed by atoms with Gasteiger partial charge in [0.1, 0.15) is 0 Å². The molecular formula is C15H19N5O3. The minimum atomic E-state index is -0.384. The molecule has 0 saturated carbocycles. The van der Waals surface area contributed by atoms with Crippen LogP contribution in [0.1, 0.15) is 24.5 Å². The highest BCUT2D eigenvalue weighted by Crippen LogP contribution is 2.32. The van der Waals surface area contributed by atoms with Crippen molar-refractivity contribution in [3.05, 3.63) is 46.4 Å². The van der Waals surface area contributed by atoms with Crippen molar-refractivity contribution in [3.63, 3.8) is 0 Å². The average molecular weight is 317 g/mol. The predicted octanol–water partition coefficient (Wildman–Crippen LogP) is 1.56. The number of nitrogens with zero attached hydrogens (tertiary/aromatic N) is 5. The predicted molar refractivity (Wildman–Crippen MR) is 84.4 cm³/mol. The summed E-state index contributed by atoms with van der Waals surface area (Å²) in [6.45, 7) is 1.99. The third-order valence-electron chi connectivity index (χ3n) is 4.24. The summed E-state index contributed by atoms with van der Waals surface area (Å²) in [7, 11) is 0. The normalized spacial score (nSPS) is 15.8. The number of nitro groups is 1. The first kappa shape index (κ1) is 15.4. The molecule has 1 aliphatic rings. The maximum atomic E-state index is 11.1. The number of anilines is 1. The van der Waals surface area contributed by atoms with Crippen LogP contribution in [-0.4, -0.2) is 44.5 Å². The zero-order chi connectivity index (χ0) is 16.2. The van der Waals surface area contributed by atoms with E-state index in [-0.39, 0.29) is 17.2 Å². The molecule has 0 aromatic carbocycles. The molecule has 3 heterocycles. The number of hydrogen-bond acceptors (Lipinski definition) is 6. The largest absolute Gasteiger partial charge is 0.394 e. The number of rotatable bonds is 5. The first-order valence-corrected chi connectivity index (χ1v) is 7.67. The molecule has 1 N–H and O–H groups in total. The van der Waals surface area contributed by atoms with Gasteiger partial charge in [-0.1, -0.05) is 0 Å². The van der Waals surface area contributed by atoms with E-state index in [1.165, 1.54) is 6.07 Å². The molecule has 0 aliphatic carbocycles. The van der Waals surface area contributed by atoms with Crippen LogP contribution in [0.25, 0.3) is 0 Å². The van der Waals surface area contributed by atoms with Crippen LogP contribution in [0.3, 0.4) is 0 Å². The van der Waals surface area contributed by atoms with E-state index in [4.69, 9.17) is 5.11 Å². The lowest BCUT2D eigenvalue weighted by atomic mass is 9.93. The van der Waals surface area contributed by atoms with Crippen molar-refractivity contribution in [2.75, 3.05) is 24.6 Å². The molecule has 2 aromatic heterocycles. The summed E-state index contributed by atoms with van der Waals surface area (Å²) in [5.41, 5.74) is 1.17. The Morgan fingerprint density at radius 1 is 1.30 bits per heavy atom. The second kappa shape index (κ2) is 6.74. The van der Waals surface area contributed by atoms with Gasteiger partial charge in [-0.2, -0.15) is 5.10 Å². The van der Waals surface area contributed by atoms with Gasteiger partial charge in [0, 0.05) is 43.2 Å². The van der Waals surface area contributed by atoms with Gasteiger partial charge in [0.05, 0.1) is 18.1 Å². The van der Waals surface area contributed by atoms with Gasteiger partial charge in [-0.15, -0.1) is 0 Å². The second-order valence-corrected chi connectivity index (χ2v) is 5.57. The second-order valence-electron chi connectivity index (χ2n) is 5.57. The van der Waals surface area contributed by atoms with Gasteiger partial charge in [0.2, 0.25) is 5.82 Å². The van der Waals surface area contributed by atoms with Crippen molar-refractivity contribution >= 4 is 11.5 Å². The van der Waals surface area contributed by atoms with Crippen LogP contribution >= 0.6 is 0 Å². The van der Waals surface area contributed by atoms with E-state index in [9.17, 15) is 10.1 Å². The molecule has 8 nitrogen and oxygen atoms in total. The molecule has 8 heteroatoms. The molecule has 0 unspecified atom stereocenters. The quantitative estimate of drug-likeness (QED) is 0.664. The van der Waals surface area contributed by atoms with Crippen molar-refractivity contribution in [1.82, 2.24) is 14.8 Å². The number of aliphatic hydroxyl groups is 1. The molecule has 3 rings (SSSR count). The number of piperidine rings is 1. The summed E-state index contributed by atoms with van der Waals surface area (Å²) < 4.78 is 1.84. The third kappa shape index (κ3) is 3.16. The number of pyridine rings is 1. The fraction of sp³-hybridized carbons (Fsp3) is 0.467. The number of hydrogen-bond donors (Lipinski definition) is 1. The number of aromatic nitrogens is 3. The van der Waals surface area contributed by atoms with E-state index in [1.807, 2.05) is 15.6 Å². The Bertz CT molecular complexity index is 679. The highest BCUT2D eigenvalue weighted by Gasteiger charge is 2.27. The van der Waals surface area contributed by atoms with Gasteiger partial charge in [-0.3, -0.25) is 14.8 Å². The van der Waals surface area contributed by atoms with Crippen molar-refractivity contribution in [2.45, 2.75) is 25.3 Å². The van der Waals surface area contributed by atoms with Gasteiger partial charge >= 0.3 is 5.69 Å². The number of aliphatic hydroxyl groups excluding tert-OH is 1. The molecule has 23 heavy (non-hydrogen) atoms. The first-order chi connectivity index (χ1) is 11.2. The van der Waals surface area contributed by atoms with E-state index >= 15 is 0 Å². The van der Waals surface area contributed by atoms with Crippen LogP contribution in [0.4, 0.5) is 11.5 Å². The first-order valence-electron chi connectivity index (χ1n) is 7.67. The Labute approximate surface area is 133 Å². The molecule has 0 atom stereocenters.